The van der Waals surface area contributed by atoms with E-state index in [1.54, 1.807) is 52.0 Å². The molecule has 224 valence electrons. The van der Waals surface area contributed by atoms with Crippen molar-refractivity contribution >= 4 is 56.4 Å². The van der Waals surface area contributed by atoms with Gasteiger partial charge < -0.3 is 10.2 Å². The van der Waals surface area contributed by atoms with Gasteiger partial charge in [0.15, 0.2) is 0 Å². The summed E-state index contributed by atoms with van der Waals surface area (Å²) >= 11 is 12.8. The van der Waals surface area contributed by atoms with Crippen LogP contribution in [0.1, 0.15) is 39.7 Å². The highest BCUT2D eigenvalue weighted by atomic mass is 35.5. The fourth-order valence-corrected chi connectivity index (χ4v) is 6.18. The van der Waals surface area contributed by atoms with Crippen LogP contribution in [-0.2, 0) is 26.2 Å². The second-order valence-corrected chi connectivity index (χ2v) is 13.2. The molecule has 2 amide bonds. The van der Waals surface area contributed by atoms with Crippen molar-refractivity contribution < 1.29 is 22.9 Å². The zero-order chi connectivity index (χ0) is 31.2. The summed E-state index contributed by atoms with van der Waals surface area (Å²) in [6.07, 6.45) is 0.192. The summed E-state index contributed by atoms with van der Waals surface area (Å²) < 4.78 is 28.5. The number of rotatable bonds is 11. The number of carbonyl (C=O) groups excluding carboxylic acids is 2. The Hall–Kier alpha value is -3.67. The first kappa shape index (κ1) is 32.8. The number of nitro groups is 1. The van der Waals surface area contributed by atoms with Crippen molar-refractivity contribution in [1.29, 1.82) is 0 Å². The summed E-state index contributed by atoms with van der Waals surface area (Å²) in [4.78, 5) is 39.5. The van der Waals surface area contributed by atoms with Gasteiger partial charge in [0.2, 0.25) is 11.8 Å². The van der Waals surface area contributed by atoms with Crippen molar-refractivity contribution in [3.63, 3.8) is 0 Å². The number of carbonyl (C=O) groups is 2. The first-order valence-electron chi connectivity index (χ1n) is 13.0. The molecule has 3 aromatic carbocycles. The van der Waals surface area contributed by atoms with Crippen LogP contribution in [0.15, 0.2) is 77.7 Å². The van der Waals surface area contributed by atoms with Crippen molar-refractivity contribution in [3.8, 4) is 0 Å². The van der Waals surface area contributed by atoms with Crippen molar-refractivity contribution in [1.82, 2.24) is 10.2 Å². The Balaban J connectivity index is 2.15. The lowest BCUT2D eigenvalue weighted by Crippen LogP contribution is -2.55. The van der Waals surface area contributed by atoms with Crippen LogP contribution >= 0.6 is 23.2 Å². The average Bonchev–Trinajstić information content (AvgIpc) is 2.92. The van der Waals surface area contributed by atoms with Gasteiger partial charge in [-0.05, 0) is 57.5 Å². The number of anilines is 1. The van der Waals surface area contributed by atoms with Crippen molar-refractivity contribution in [2.24, 2.45) is 0 Å². The van der Waals surface area contributed by atoms with Crippen LogP contribution in [0.25, 0.3) is 0 Å². The predicted molar refractivity (Wildman–Crippen MR) is 163 cm³/mol. The van der Waals surface area contributed by atoms with E-state index in [9.17, 15) is 28.1 Å². The maximum absolute atomic E-state index is 14.1. The van der Waals surface area contributed by atoms with Crippen LogP contribution < -0.4 is 9.62 Å². The standard InChI is InChI=1S/C29H32Cl2N4O6S/c1-5-26(28(37)32-29(2,3)4)33(18-23-24(30)15-10-16-25(23)31)27(36)19-34(20-11-9-12-21(17-20)35(38)39)42(40,41)22-13-7-6-8-14-22/h6-17,26H,5,18-19H2,1-4H3,(H,32,37)/t26-/m1/s1. The Bertz CT molecular complexity index is 1540. The molecule has 1 atom stereocenters. The van der Waals surface area contributed by atoms with Gasteiger partial charge >= 0.3 is 0 Å². The maximum atomic E-state index is 14.1. The van der Waals surface area contributed by atoms with E-state index in [1.807, 2.05) is 0 Å². The number of halogens is 2. The smallest absolute Gasteiger partial charge is 0.271 e. The first-order chi connectivity index (χ1) is 19.7. The van der Waals surface area contributed by atoms with Crippen LogP contribution in [0, 0.1) is 10.1 Å². The summed E-state index contributed by atoms with van der Waals surface area (Å²) in [6.45, 7) is 6.16. The minimum Gasteiger partial charge on any atom is -0.350 e. The summed E-state index contributed by atoms with van der Waals surface area (Å²) in [5.74, 6) is -1.19. The van der Waals surface area contributed by atoms with Gasteiger partial charge in [-0.1, -0.05) is 60.5 Å². The molecule has 0 aliphatic heterocycles. The zero-order valence-corrected chi connectivity index (χ0v) is 25.9. The molecule has 0 unspecified atom stereocenters. The number of amides is 2. The number of non-ortho nitro benzene ring substituents is 1. The third-order valence-electron chi connectivity index (χ3n) is 6.21. The number of sulfonamides is 1. The van der Waals surface area contributed by atoms with E-state index in [-0.39, 0.29) is 39.3 Å². The lowest BCUT2D eigenvalue weighted by molar-refractivity contribution is -0.384. The Morgan fingerprint density at radius 3 is 2.12 bits per heavy atom. The summed E-state index contributed by atoms with van der Waals surface area (Å²) in [6, 6.07) is 16.2. The Kier molecular flexibility index (Phi) is 10.6. The van der Waals surface area contributed by atoms with E-state index < -0.39 is 44.9 Å². The van der Waals surface area contributed by atoms with Crippen LogP contribution in [0.3, 0.4) is 0 Å². The maximum Gasteiger partial charge on any atom is 0.271 e. The molecule has 0 aliphatic carbocycles. The summed E-state index contributed by atoms with van der Waals surface area (Å²) in [5, 5.41) is 14.9. The van der Waals surface area contributed by atoms with E-state index in [2.05, 4.69) is 5.32 Å². The van der Waals surface area contributed by atoms with Gasteiger partial charge in [-0.3, -0.25) is 24.0 Å². The second kappa shape index (κ2) is 13.5. The zero-order valence-electron chi connectivity index (χ0n) is 23.6. The van der Waals surface area contributed by atoms with E-state index in [0.29, 0.717) is 5.56 Å². The van der Waals surface area contributed by atoms with E-state index >= 15 is 0 Å². The highest BCUT2D eigenvalue weighted by molar-refractivity contribution is 7.92. The van der Waals surface area contributed by atoms with Crippen molar-refractivity contribution in [2.75, 3.05) is 10.8 Å². The molecule has 0 fully saturated rings. The topological polar surface area (TPSA) is 130 Å². The fourth-order valence-electron chi connectivity index (χ4n) is 4.24. The van der Waals surface area contributed by atoms with E-state index in [0.717, 1.165) is 10.4 Å². The number of benzene rings is 3. The molecular weight excluding hydrogens is 603 g/mol. The van der Waals surface area contributed by atoms with Gasteiger partial charge in [-0.2, -0.15) is 0 Å². The molecule has 10 nitrogen and oxygen atoms in total. The molecular formula is C29H32Cl2N4O6S. The second-order valence-electron chi connectivity index (χ2n) is 10.5. The molecule has 42 heavy (non-hydrogen) atoms. The van der Waals surface area contributed by atoms with Crippen molar-refractivity contribution in [3.05, 3.63) is 98.5 Å². The van der Waals surface area contributed by atoms with Gasteiger partial charge in [-0.15, -0.1) is 0 Å². The van der Waals surface area contributed by atoms with Crippen LogP contribution in [0.2, 0.25) is 10.0 Å². The lowest BCUT2D eigenvalue weighted by Gasteiger charge is -2.35. The minimum atomic E-state index is -4.39. The van der Waals surface area contributed by atoms with Gasteiger partial charge in [0, 0.05) is 39.8 Å². The number of nitrogens with one attached hydrogen (secondary N) is 1. The van der Waals surface area contributed by atoms with Crippen LogP contribution in [0.5, 0.6) is 0 Å². The highest BCUT2D eigenvalue weighted by Crippen LogP contribution is 2.30. The SMILES string of the molecule is CC[C@H](C(=O)NC(C)(C)C)N(Cc1c(Cl)cccc1Cl)C(=O)CN(c1cccc([N+](=O)[O-])c1)S(=O)(=O)c1ccccc1. The number of nitrogens with zero attached hydrogens (tertiary/aromatic N) is 3. The lowest BCUT2D eigenvalue weighted by atomic mass is 10.1. The highest BCUT2D eigenvalue weighted by Gasteiger charge is 2.35. The molecule has 0 saturated heterocycles. The third-order valence-corrected chi connectivity index (χ3v) is 8.71. The Morgan fingerprint density at radius 1 is 0.976 bits per heavy atom. The van der Waals surface area contributed by atoms with Gasteiger partial charge in [0.25, 0.3) is 15.7 Å². The quantitative estimate of drug-likeness (QED) is 0.209. The Labute approximate surface area is 255 Å². The summed E-state index contributed by atoms with van der Waals surface area (Å²) in [5.41, 5.74) is -0.690. The summed E-state index contributed by atoms with van der Waals surface area (Å²) in [7, 11) is -4.39. The van der Waals surface area contributed by atoms with Gasteiger partial charge in [0.05, 0.1) is 15.5 Å². The molecule has 0 saturated carbocycles. The molecule has 3 rings (SSSR count). The van der Waals surface area contributed by atoms with Gasteiger partial charge in [0.1, 0.15) is 12.6 Å². The molecule has 0 heterocycles. The largest absolute Gasteiger partial charge is 0.350 e. The number of hydrogen-bond acceptors (Lipinski definition) is 6. The molecule has 0 aromatic heterocycles. The van der Waals surface area contributed by atoms with Crippen molar-refractivity contribution in [2.45, 2.75) is 57.1 Å². The molecule has 3 aromatic rings. The molecule has 1 N–H and O–H groups in total. The monoisotopic (exact) mass is 634 g/mol. The number of hydrogen-bond donors (Lipinski definition) is 1. The van der Waals surface area contributed by atoms with Crippen LogP contribution in [0.4, 0.5) is 11.4 Å². The number of nitro benzene ring substituents is 1. The molecule has 0 aliphatic rings. The third kappa shape index (κ3) is 7.99. The molecule has 0 spiro atoms. The first-order valence-corrected chi connectivity index (χ1v) is 15.2. The minimum absolute atomic E-state index is 0.0932. The normalized spacial score (nSPS) is 12.3. The average molecular weight is 636 g/mol. The fraction of sp³-hybridized carbons (Fsp3) is 0.310. The van der Waals surface area contributed by atoms with E-state index in [1.165, 1.54) is 47.4 Å². The van der Waals surface area contributed by atoms with Gasteiger partial charge in [-0.25, -0.2) is 8.42 Å². The van der Waals surface area contributed by atoms with E-state index in [4.69, 9.17) is 23.2 Å². The van der Waals surface area contributed by atoms with Crippen LogP contribution in [-0.4, -0.2) is 48.2 Å². The Morgan fingerprint density at radius 2 is 1.57 bits per heavy atom. The molecule has 0 radical (unpaired) electrons. The predicted octanol–water partition coefficient (Wildman–Crippen LogP) is 5.82. The molecule has 0 bridgehead atoms. The molecule has 13 heteroatoms.